The summed E-state index contributed by atoms with van der Waals surface area (Å²) in [5.74, 6) is 0. The van der Waals surface area contributed by atoms with Crippen molar-refractivity contribution < 1.29 is 4.42 Å². The first-order valence-electron chi connectivity index (χ1n) is 22.0. The summed E-state index contributed by atoms with van der Waals surface area (Å²) in [5.41, 5.74) is 11.1. The second-order valence-corrected chi connectivity index (χ2v) is 20.6. The summed E-state index contributed by atoms with van der Waals surface area (Å²) in [6.07, 6.45) is 0. The molecule has 0 radical (unpaired) electrons. The van der Waals surface area contributed by atoms with Crippen molar-refractivity contribution in [2.75, 3.05) is 0 Å². The molecule has 4 heteroatoms. The first kappa shape index (κ1) is 36.5. The highest BCUT2D eigenvalue weighted by Gasteiger charge is 2.41. The second kappa shape index (κ2) is 14.5. The fourth-order valence-electron chi connectivity index (χ4n) is 10.8. The van der Waals surface area contributed by atoms with E-state index >= 15 is 0 Å². The zero-order chi connectivity index (χ0) is 42.2. The van der Waals surface area contributed by atoms with E-state index in [4.69, 9.17) is 4.42 Å². The number of nitrogens with zero attached hydrogens (tertiary/aromatic N) is 2. The monoisotopic (exact) mass is 832 g/mol. The van der Waals surface area contributed by atoms with Gasteiger partial charge in [-0.25, -0.2) is 0 Å². The van der Waals surface area contributed by atoms with Crippen molar-refractivity contribution in [1.82, 2.24) is 9.13 Å². The van der Waals surface area contributed by atoms with E-state index in [1.54, 1.807) is 0 Å². The number of benzene rings is 10. The van der Waals surface area contributed by atoms with Crippen molar-refractivity contribution in [3.8, 4) is 22.5 Å². The molecule has 300 valence electrons. The van der Waals surface area contributed by atoms with Gasteiger partial charge in [0, 0.05) is 38.0 Å². The Kier molecular flexibility index (Phi) is 8.23. The predicted octanol–water partition coefficient (Wildman–Crippen LogP) is 12.8. The van der Waals surface area contributed by atoms with Crippen LogP contribution in [0.5, 0.6) is 0 Å². The summed E-state index contributed by atoms with van der Waals surface area (Å²) in [4.78, 5) is 0. The van der Waals surface area contributed by atoms with Crippen LogP contribution in [0.15, 0.2) is 247 Å². The van der Waals surface area contributed by atoms with Crippen molar-refractivity contribution in [3.63, 3.8) is 0 Å². The Morgan fingerprint density at radius 3 is 1.45 bits per heavy atom. The van der Waals surface area contributed by atoms with Crippen LogP contribution >= 0.6 is 0 Å². The number of para-hydroxylation sites is 3. The minimum absolute atomic E-state index is 0.901. The van der Waals surface area contributed by atoms with Gasteiger partial charge < -0.3 is 13.6 Å². The number of fused-ring (bicyclic) bond motifs is 9. The SMILES string of the molecule is c1ccc([Si](c2ccccc2)(c2ccccc2)c2ccc(-n3c4ccccc4c4c(-n5c6ccccc6c6c(-c7ccc8c(c7)oc7ccccc78)cccc65)cccc43)cc2)cc1. The number of hydrogen-bond acceptors (Lipinski definition) is 1. The van der Waals surface area contributed by atoms with Crippen LogP contribution < -0.4 is 20.7 Å². The highest BCUT2D eigenvalue weighted by atomic mass is 28.3. The van der Waals surface area contributed by atoms with E-state index in [1.165, 1.54) is 69.9 Å². The van der Waals surface area contributed by atoms with E-state index in [9.17, 15) is 0 Å². The number of hydrogen-bond donors (Lipinski definition) is 0. The lowest BCUT2D eigenvalue weighted by molar-refractivity contribution is 0.669. The summed E-state index contributed by atoms with van der Waals surface area (Å²) >= 11 is 0. The quantitative estimate of drug-likeness (QED) is 0.116. The molecule has 3 heterocycles. The molecule has 64 heavy (non-hydrogen) atoms. The van der Waals surface area contributed by atoms with Crippen LogP contribution in [0.25, 0.3) is 88.1 Å². The Morgan fingerprint density at radius 2 is 0.797 bits per heavy atom. The van der Waals surface area contributed by atoms with Crippen LogP contribution in [0, 0.1) is 0 Å². The summed E-state index contributed by atoms with van der Waals surface area (Å²) in [6, 6.07) is 89.1. The van der Waals surface area contributed by atoms with Gasteiger partial charge in [0.2, 0.25) is 0 Å². The van der Waals surface area contributed by atoms with E-state index in [-0.39, 0.29) is 0 Å². The van der Waals surface area contributed by atoms with Crippen LogP contribution in [-0.4, -0.2) is 17.2 Å². The Labute approximate surface area is 371 Å². The summed E-state index contributed by atoms with van der Waals surface area (Å²) in [5, 5.41) is 12.6. The minimum Gasteiger partial charge on any atom is -0.456 e. The lowest BCUT2D eigenvalue weighted by Crippen LogP contribution is -2.74. The molecule has 10 aromatic carbocycles. The molecule has 0 amide bonds. The maximum absolute atomic E-state index is 6.39. The first-order chi connectivity index (χ1) is 31.8. The number of rotatable bonds is 7. The fraction of sp³-hybridized carbons (Fsp3) is 0. The topological polar surface area (TPSA) is 23.0 Å². The lowest BCUT2D eigenvalue weighted by Gasteiger charge is -2.34. The van der Waals surface area contributed by atoms with Crippen LogP contribution in [0.1, 0.15) is 0 Å². The third kappa shape index (κ3) is 5.33. The largest absolute Gasteiger partial charge is 0.456 e. The average molecular weight is 833 g/mol. The standard InChI is InChI=1S/C60H40N2OSi/c1-4-18-43(19-5-1)64(44-20-6-2-7-21-44,45-22-8-3-9-23-45)46-37-35-42(36-38-46)61-52-28-13-11-26-51(52)60-55(61)31-17-32-56(60)62-53-29-14-10-25-50(53)59-47(27-16-30-54(59)62)41-34-39-49-48-24-12-15-33-57(48)63-58(49)40-41/h1-40H. The first-order valence-corrected chi connectivity index (χ1v) is 24.0. The summed E-state index contributed by atoms with van der Waals surface area (Å²) in [6.45, 7) is 0. The van der Waals surface area contributed by atoms with E-state index in [1.807, 2.05) is 12.1 Å². The Morgan fingerprint density at radius 1 is 0.312 bits per heavy atom. The van der Waals surface area contributed by atoms with Crippen molar-refractivity contribution >= 4 is 94.4 Å². The molecule has 13 aromatic rings. The van der Waals surface area contributed by atoms with Gasteiger partial charge in [0.1, 0.15) is 11.2 Å². The molecule has 0 unspecified atom stereocenters. The maximum atomic E-state index is 6.39. The van der Waals surface area contributed by atoms with Gasteiger partial charge in [-0.3, -0.25) is 0 Å². The zero-order valence-corrected chi connectivity index (χ0v) is 35.9. The molecule has 0 bridgehead atoms. The van der Waals surface area contributed by atoms with Crippen LogP contribution in [0.2, 0.25) is 0 Å². The molecule has 0 spiro atoms. The maximum Gasteiger partial charge on any atom is 0.179 e. The van der Waals surface area contributed by atoms with Crippen molar-refractivity contribution in [1.29, 1.82) is 0 Å². The highest BCUT2D eigenvalue weighted by molar-refractivity contribution is 7.19. The van der Waals surface area contributed by atoms with Crippen molar-refractivity contribution in [3.05, 3.63) is 243 Å². The van der Waals surface area contributed by atoms with Gasteiger partial charge in [-0.2, -0.15) is 0 Å². The molecule has 0 aliphatic carbocycles. The molecule has 0 saturated heterocycles. The molecule has 0 fully saturated rings. The van der Waals surface area contributed by atoms with Crippen LogP contribution in [-0.2, 0) is 0 Å². The third-order valence-electron chi connectivity index (χ3n) is 13.5. The van der Waals surface area contributed by atoms with Crippen LogP contribution in [0.3, 0.4) is 0 Å². The molecule has 3 nitrogen and oxygen atoms in total. The van der Waals surface area contributed by atoms with Gasteiger partial charge in [-0.15, -0.1) is 0 Å². The van der Waals surface area contributed by atoms with Gasteiger partial charge in [0.15, 0.2) is 8.07 Å². The number of furan rings is 1. The molecule has 0 aliphatic heterocycles. The third-order valence-corrected chi connectivity index (χ3v) is 18.3. The summed E-state index contributed by atoms with van der Waals surface area (Å²) < 4.78 is 11.3. The fourth-order valence-corrected chi connectivity index (χ4v) is 15.5. The van der Waals surface area contributed by atoms with Gasteiger partial charge >= 0.3 is 0 Å². The predicted molar refractivity (Wildman–Crippen MR) is 271 cm³/mol. The smallest absolute Gasteiger partial charge is 0.179 e. The van der Waals surface area contributed by atoms with E-state index in [2.05, 4.69) is 240 Å². The minimum atomic E-state index is -2.68. The summed E-state index contributed by atoms with van der Waals surface area (Å²) in [7, 11) is -2.68. The van der Waals surface area contributed by atoms with Gasteiger partial charge in [0.05, 0.1) is 27.8 Å². The molecule has 0 atom stereocenters. The molecule has 13 rings (SSSR count). The van der Waals surface area contributed by atoms with E-state index in [0.29, 0.717) is 0 Å². The molecule has 0 N–H and O–H groups in total. The average Bonchev–Trinajstić information content (AvgIpc) is 4.03. The van der Waals surface area contributed by atoms with Crippen LogP contribution in [0.4, 0.5) is 0 Å². The Balaban J connectivity index is 1.02. The van der Waals surface area contributed by atoms with Gasteiger partial charge in [-0.1, -0.05) is 182 Å². The van der Waals surface area contributed by atoms with Crippen molar-refractivity contribution in [2.45, 2.75) is 0 Å². The Bertz CT molecular complexity index is 3790. The van der Waals surface area contributed by atoms with E-state index < -0.39 is 8.07 Å². The van der Waals surface area contributed by atoms with Crippen molar-refractivity contribution in [2.24, 2.45) is 0 Å². The zero-order valence-electron chi connectivity index (χ0n) is 34.9. The number of aromatic nitrogens is 2. The molecule has 0 aliphatic rings. The van der Waals surface area contributed by atoms with Gasteiger partial charge in [-0.05, 0) is 92.5 Å². The molecular formula is C60H40N2OSi. The van der Waals surface area contributed by atoms with Gasteiger partial charge in [0.25, 0.3) is 0 Å². The van der Waals surface area contributed by atoms with E-state index in [0.717, 1.165) is 38.9 Å². The molecule has 0 saturated carbocycles. The molecule has 3 aromatic heterocycles. The normalized spacial score (nSPS) is 12.1. The molecular weight excluding hydrogens is 793 g/mol. The second-order valence-electron chi connectivity index (χ2n) is 16.8. The Hall–Kier alpha value is -8.18. The lowest BCUT2D eigenvalue weighted by atomic mass is 9.98. The highest BCUT2D eigenvalue weighted by Crippen LogP contribution is 2.43.